The molecule has 3 aromatic carbocycles. The van der Waals surface area contributed by atoms with Gasteiger partial charge in [0, 0.05) is 31.7 Å². The summed E-state index contributed by atoms with van der Waals surface area (Å²) in [7, 11) is 0. The second-order valence-corrected chi connectivity index (χ2v) is 9.41. The predicted molar refractivity (Wildman–Crippen MR) is 149 cm³/mol. The number of para-hydroxylation sites is 3. The molecule has 1 amide bonds. The molecule has 8 nitrogen and oxygen atoms in total. The van der Waals surface area contributed by atoms with Crippen molar-refractivity contribution in [3.63, 3.8) is 0 Å². The van der Waals surface area contributed by atoms with Crippen LogP contribution >= 0.6 is 0 Å². The maximum Gasteiger partial charge on any atom is 0.262 e. The molecule has 192 valence electrons. The van der Waals surface area contributed by atoms with E-state index >= 15 is 0 Å². The summed E-state index contributed by atoms with van der Waals surface area (Å²) in [5.41, 5.74) is 5.58. The van der Waals surface area contributed by atoms with E-state index in [9.17, 15) is 4.79 Å². The van der Waals surface area contributed by atoms with Crippen LogP contribution in [0.4, 0.5) is 5.95 Å². The van der Waals surface area contributed by atoms with Crippen molar-refractivity contribution in [3.05, 3.63) is 96.2 Å². The molecule has 8 heteroatoms. The molecule has 1 aliphatic heterocycles. The summed E-state index contributed by atoms with van der Waals surface area (Å²) in [5, 5.41) is 8.02. The minimum Gasteiger partial charge on any atom is -0.379 e. The minimum absolute atomic E-state index is 0.230. The van der Waals surface area contributed by atoms with E-state index in [2.05, 4.69) is 14.8 Å². The highest BCUT2D eigenvalue weighted by Gasteiger charge is 2.25. The van der Waals surface area contributed by atoms with E-state index in [1.807, 2.05) is 96.5 Å². The van der Waals surface area contributed by atoms with E-state index in [1.165, 1.54) is 0 Å². The number of hydrogen-bond acceptors (Lipinski definition) is 5. The van der Waals surface area contributed by atoms with E-state index in [0.29, 0.717) is 23.8 Å². The zero-order valence-corrected chi connectivity index (χ0v) is 21.4. The maximum atomic E-state index is 14.0. The molecule has 0 bridgehead atoms. The topological polar surface area (TPSA) is 77.2 Å². The summed E-state index contributed by atoms with van der Waals surface area (Å²) in [6, 6.07) is 27.7. The van der Waals surface area contributed by atoms with Crippen LogP contribution in [0.3, 0.4) is 0 Å². The first-order chi connectivity index (χ1) is 18.7. The summed E-state index contributed by atoms with van der Waals surface area (Å²) in [6.07, 6.45) is 0. The normalized spacial score (nSPS) is 14.1. The smallest absolute Gasteiger partial charge is 0.262 e. The lowest BCUT2D eigenvalue weighted by atomic mass is 10.1. The van der Waals surface area contributed by atoms with Crippen molar-refractivity contribution in [2.24, 2.45) is 0 Å². The molecule has 1 fully saturated rings. The number of morpholine rings is 1. The summed E-state index contributed by atoms with van der Waals surface area (Å²) in [4.78, 5) is 21.1. The second kappa shape index (κ2) is 10.6. The van der Waals surface area contributed by atoms with Crippen molar-refractivity contribution in [3.8, 4) is 16.9 Å². The molecule has 0 spiro atoms. The van der Waals surface area contributed by atoms with Crippen LogP contribution in [0.1, 0.15) is 16.1 Å². The fourth-order valence-electron chi connectivity index (χ4n) is 5.02. The zero-order valence-electron chi connectivity index (χ0n) is 21.4. The largest absolute Gasteiger partial charge is 0.379 e. The Bertz CT molecular complexity index is 1550. The first-order valence-corrected chi connectivity index (χ1v) is 13.0. The van der Waals surface area contributed by atoms with Crippen LogP contribution in [0, 0.1) is 6.92 Å². The lowest BCUT2D eigenvalue weighted by molar-refractivity contribution is 0.0366. The van der Waals surface area contributed by atoms with Crippen molar-refractivity contribution >= 4 is 22.9 Å². The molecule has 1 N–H and O–H groups in total. The van der Waals surface area contributed by atoms with Gasteiger partial charge < -0.3 is 9.30 Å². The first-order valence-electron chi connectivity index (χ1n) is 13.0. The highest BCUT2D eigenvalue weighted by Crippen LogP contribution is 2.29. The molecule has 2 aromatic heterocycles. The fraction of sp³-hybridized carbons (Fsp3) is 0.233. The van der Waals surface area contributed by atoms with Crippen LogP contribution in [0.15, 0.2) is 84.9 Å². The molecule has 0 aliphatic carbocycles. The Morgan fingerprint density at radius 2 is 1.58 bits per heavy atom. The Morgan fingerprint density at radius 3 is 2.34 bits per heavy atom. The number of nitrogens with zero attached hydrogens (tertiary/aromatic N) is 5. The number of nitrogens with one attached hydrogen (secondary N) is 1. The third-order valence-corrected chi connectivity index (χ3v) is 7.01. The Kier molecular flexibility index (Phi) is 6.73. The van der Waals surface area contributed by atoms with Crippen LogP contribution in [0.5, 0.6) is 0 Å². The molecule has 0 atom stereocenters. The van der Waals surface area contributed by atoms with Crippen molar-refractivity contribution < 1.29 is 9.53 Å². The molecule has 5 aromatic rings. The molecule has 38 heavy (non-hydrogen) atoms. The number of benzene rings is 3. The van der Waals surface area contributed by atoms with Gasteiger partial charge in [-0.05, 0) is 31.2 Å². The Labute approximate surface area is 221 Å². The van der Waals surface area contributed by atoms with Crippen LogP contribution in [0.25, 0.3) is 28.0 Å². The minimum atomic E-state index is -0.230. The Hall–Kier alpha value is -4.27. The van der Waals surface area contributed by atoms with Gasteiger partial charge in [-0.25, -0.2) is 9.67 Å². The number of amides is 1. The Balaban J connectivity index is 1.37. The first kappa shape index (κ1) is 24.1. The van der Waals surface area contributed by atoms with E-state index in [4.69, 9.17) is 14.8 Å². The number of aromatic nitrogens is 4. The van der Waals surface area contributed by atoms with Crippen molar-refractivity contribution in [2.45, 2.75) is 13.5 Å². The Morgan fingerprint density at radius 1 is 0.895 bits per heavy atom. The third-order valence-electron chi connectivity index (χ3n) is 7.01. The van der Waals surface area contributed by atoms with Crippen LogP contribution in [0.2, 0.25) is 0 Å². The molecule has 0 unspecified atom stereocenters. The van der Waals surface area contributed by atoms with Gasteiger partial charge in [0.2, 0.25) is 5.95 Å². The summed E-state index contributed by atoms with van der Waals surface area (Å²) >= 11 is 0. The average Bonchev–Trinajstić information content (AvgIpc) is 3.50. The van der Waals surface area contributed by atoms with Crippen molar-refractivity contribution in [1.29, 1.82) is 0 Å². The van der Waals surface area contributed by atoms with Crippen molar-refractivity contribution in [2.75, 3.05) is 38.2 Å². The van der Waals surface area contributed by atoms with Gasteiger partial charge in [-0.2, -0.15) is 5.10 Å². The highest BCUT2D eigenvalue weighted by molar-refractivity contribution is 6.09. The number of fused-ring (bicyclic) bond motifs is 1. The standard InChI is InChI=1S/C30H30N6O2/c1-22-27(28(23-10-4-2-5-11-23)33-36(22)24-12-6-3-7-13-24)29(37)32-30-31-25-14-8-9-15-26(25)35(30)17-16-34-18-20-38-21-19-34/h2-15H,16-21H2,1H3,(H,31,32,37). The second-order valence-electron chi connectivity index (χ2n) is 9.41. The van der Waals surface area contributed by atoms with Crippen LogP contribution in [-0.4, -0.2) is 63.0 Å². The predicted octanol–water partition coefficient (Wildman–Crippen LogP) is 4.78. The highest BCUT2D eigenvalue weighted by atomic mass is 16.5. The number of hydrogen-bond donors (Lipinski definition) is 1. The van der Waals surface area contributed by atoms with Gasteiger partial charge in [0.05, 0.1) is 41.2 Å². The average molecular weight is 507 g/mol. The number of carbonyl (C=O) groups is 1. The molecular formula is C30H30N6O2. The number of imidazole rings is 1. The van der Waals surface area contributed by atoms with E-state index in [0.717, 1.165) is 60.8 Å². The quantitative estimate of drug-likeness (QED) is 0.344. The monoisotopic (exact) mass is 506 g/mol. The van der Waals surface area contributed by atoms with Crippen LogP contribution < -0.4 is 5.32 Å². The lowest BCUT2D eigenvalue weighted by Crippen LogP contribution is -2.38. The number of anilines is 1. The van der Waals surface area contributed by atoms with E-state index in [1.54, 1.807) is 0 Å². The molecule has 3 heterocycles. The third kappa shape index (κ3) is 4.71. The number of rotatable bonds is 7. The van der Waals surface area contributed by atoms with Gasteiger partial charge in [-0.15, -0.1) is 0 Å². The van der Waals surface area contributed by atoms with Gasteiger partial charge in [0.25, 0.3) is 5.91 Å². The van der Waals surface area contributed by atoms with Crippen LogP contribution in [-0.2, 0) is 11.3 Å². The molecule has 1 aliphatic rings. The van der Waals surface area contributed by atoms with E-state index < -0.39 is 0 Å². The molecule has 6 rings (SSSR count). The summed E-state index contributed by atoms with van der Waals surface area (Å²) < 4.78 is 9.43. The SMILES string of the molecule is Cc1c(C(=O)Nc2nc3ccccc3n2CCN2CCOCC2)c(-c2ccccc2)nn1-c1ccccc1. The number of carbonyl (C=O) groups excluding carboxylic acids is 1. The summed E-state index contributed by atoms with van der Waals surface area (Å²) in [6.45, 7) is 6.82. The van der Waals surface area contributed by atoms with Crippen molar-refractivity contribution in [1.82, 2.24) is 24.2 Å². The maximum absolute atomic E-state index is 14.0. The van der Waals surface area contributed by atoms with Gasteiger partial charge in [-0.3, -0.25) is 15.0 Å². The molecule has 1 saturated heterocycles. The van der Waals surface area contributed by atoms with Gasteiger partial charge in [-0.1, -0.05) is 60.7 Å². The van der Waals surface area contributed by atoms with Gasteiger partial charge >= 0.3 is 0 Å². The lowest BCUT2D eigenvalue weighted by Gasteiger charge is -2.26. The molecule has 0 radical (unpaired) electrons. The molecule has 0 saturated carbocycles. The zero-order chi connectivity index (χ0) is 25.9. The van der Waals surface area contributed by atoms with E-state index in [-0.39, 0.29) is 5.91 Å². The number of ether oxygens (including phenoxy) is 1. The molecular weight excluding hydrogens is 476 g/mol. The summed E-state index contributed by atoms with van der Waals surface area (Å²) in [5.74, 6) is 0.307. The van der Waals surface area contributed by atoms with Gasteiger partial charge in [0.15, 0.2) is 0 Å². The fourth-order valence-corrected chi connectivity index (χ4v) is 5.02. The van der Waals surface area contributed by atoms with Gasteiger partial charge in [0.1, 0.15) is 5.69 Å².